The first-order chi connectivity index (χ1) is 21.4. The Kier molecular flexibility index (Phi) is 6.16. The number of pyridine rings is 1. The summed E-state index contributed by atoms with van der Waals surface area (Å²) in [6.07, 6.45) is 15.8. The molecule has 4 saturated heterocycles. The average Bonchev–Trinajstić information content (AvgIpc) is 3.36. The Bertz CT molecular complexity index is 1920. The van der Waals surface area contributed by atoms with Crippen molar-refractivity contribution in [3.8, 4) is 41.7 Å². The van der Waals surface area contributed by atoms with Crippen LogP contribution in [0.3, 0.4) is 0 Å². The topological polar surface area (TPSA) is 86.6 Å². The maximum Gasteiger partial charge on any atom is 0.228 e. The Morgan fingerprint density at radius 1 is 0.955 bits per heavy atom. The molecule has 0 radical (unpaired) electrons. The summed E-state index contributed by atoms with van der Waals surface area (Å²) in [5.41, 5.74) is 0.279. The van der Waals surface area contributed by atoms with Gasteiger partial charge in [-0.15, -0.1) is 12.8 Å². The van der Waals surface area contributed by atoms with Crippen LogP contribution in [0.5, 0.6) is 5.75 Å². The highest BCUT2D eigenvalue weighted by Gasteiger charge is 2.45. The van der Waals surface area contributed by atoms with E-state index in [1.54, 1.807) is 0 Å². The third-order valence-corrected chi connectivity index (χ3v) is 9.75. The van der Waals surface area contributed by atoms with Crippen LogP contribution >= 0.6 is 0 Å². The molecule has 2 aromatic carbocycles. The van der Waals surface area contributed by atoms with Gasteiger partial charge < -0.3 is 25.0 Å². The molecule has 0 saturated carbocycles. The molecule has 4 aromatic rings. The Labute approximate surface area is 253 Å². The molecule has 2 bridgehead atoms. The van der Waals surface area contributed by atoms with E-state index >= 15 is 4.39 Å². The first kappa shape index (κ1) is 27.1. The number of nitrogens with one attached hydrogen (secondary N) is 1. The largest absolute Gasteiger partial charge is 0.508 e. The van der Waals surface area contributed by atoms with Gasteiger partial charge in [0.25, 0.3) is 0 Å². The van der Waals surface area contributed by atoms with Gasteiger partial charge >= 0.3 is 0 Å². The fourth-order valence-electron chi connectivity index (χ4n) is 7.54. The number of phenolic OH excluding ortho intramolecular Hbond substituents is 1. The molecule has 0 aliphatic carbocycles. The van der Waals surface area contributed by atoms with E-state index < -0.39 is 11.6 Å². The Morgan fingerprint density at radius 3 is 2.41 bits per heavy atom. The minimum atomic E-state index is -0.734. The molecule has 2 unspecified atom stereocenters. The van der Waals surface area contributed by atoms with Crippen molar-refractivity contribution in [2.45, 2.75) is 37.8 Å². The number of nitrogens with zero attached hydrogens (tertiary/aromatic N) is 5. The van der Waals surface area contributed by atoms with Gasteiger partial charge in [-0.05, 0) is 55.2 Å². The highest BCUT2D eigenvalue weighted by atomic mass is 19.1. The Hall–Kier alpha value is -4.51. The summed E-state index contributed by atoms with van der Waals surface area (Å²) in [5, 5.41) is 15.3. The standard InChI is InChI=1S/C34H30F2N6O2/c1-3-23-25(35)8-5-19-13-22(43)14-24(27(19)23)30-29(36)31-28(26(4-2)38-30)32(41-15-20-6-7-21(16-41)37-20)40-33(39-31)42-17-34(18-42)9-11-44-12-10-34/h1-2,5,8,13-14,20-21,37,43H,6-7,9-12,15-18H2. The minimum Gasteiger partial charge on any atom is -0.508 e. The number of phenols is 1. The molecule has 10 heteroatoms. The lowest BCUT2D eigenvalue weighted by atomic mass is 9.73. The summed E-state index contributed by atoms with van der Waals surface area (Å²) >= 11 is 0. The molecule has 2 aromatic heterocycles. The second-order valence-corrected chi connectivity index (χ2v) is 12.5. The number of piperazine rings is 1. The van der Waals surface area contributed by atoms with Crippen LogP contribution < -0.4 is 15.1 Å². The van der Waals surface area contributed by atoms with Crippen LogP contribution in [-0.2, 0) is 4.74 Å². The molecule has 44 heavy (non-hydrogen) atoms. The molecule has 0 amide bonds. The number of hydrogen-bond acceptors (Lipinski definition) is 8. The van der Waals surface area contributed by atoms with Crippen molar-refractivity contribution in [1.29, 1.82) is 0 Å². The summed E-state index contributed by atoms with van der Waals surface area (Å²) in [6, 6.07) is 6.11. The molecule has 4 aliphatic heterocycles. The molecular formula is C34H30F2N6O2. The van der Waals surface area contributed by atoms with E-state index in [0.29, 0.717) is 47.7 Å². The normalized spacial score (nSPS) is 22.3. The fourth-order valence-corrected chi connectivity index (χ4v) is 7.54. The molecule has 222 valence electrons. The van der Waals surface area contributed by atoms with Crippen LogP contribution in [0.4, 0.5) is 20.5 Å². The van der Waals surface area contributed by atoms with Crippen molar-refractivity contribution in [3.63, 3.8) is 0 Å². The summed E-state index contributed by atoms with van der Waals surface area (Å²) in [5.74, 6) is 4.52. The summed E-state index contributed by atoms with van der Waals surface area (Å²) in [6.45, 7) is 4.40. The molecular weight excluding hydrogens is 562 g/mol. The lowest BCUT2D eigenvalue weighted by Gasteiger charge is -2.52. The first-order valence-electron chi connectivity index (χ1n) is 15.0. The number of rotatable bonds is 3. The van der Waals surface area contributed by atoms with Gasteiger partial charge in [-0.25, -0.2) is 18.7 Å². The predicted octanol–water partition coefficient (Wildman–Crippen LogP) is 4.35. The SMILES string of the molecule is C#Cc1c(F)ccc2cc(O)cc(-c3nc(C#C)c4c(N5CC6CCC(C5)N6)nc(N5CC6(CCOCC6)C5)nc4c3F)c12. The zero-order valence-electron chi connectivity index (χ0n) is 24.0. The number of ether oxygens (including phenoxy) is 1. The molecule has 2 atom stereocenters. The van der Waals surface area contributed by atoms with Crippen molar-refractivity contribution in [2.24, 2.45) is 5.41 Å². The average molecular weight is 593 g/mol. The van der Waals surface area contributed by atoms with Gasteiger partial charge in [-0.2, -0.15) is 4.98 Å². The van der Waals surface area contributed by atoms with Gasteiger partial charge in [0, 0.05) is 67.8 Å². The van der Waals surface area contributed by atoms with Gasteiger partial charge in [-0.3, -0.25) is 0 Å². The molecule has 2 N–H and O–H groups in total. The molecule has 1 spiro atoms. The van der Waals surface area contributed by atoms with Crippen molar-refractivity contribution in [1.82, 2.24) is 20.3 Å². The van der Waals surface area contributed by atoms with Gasteiger partial charge in [0.05, 0.1) is 10.9 Å². The molecule has 4 aliphatic rings. The third kappa shape index (κ3) is 4.16. The van der Waals surface area contributed by atoms with Crippen LogP contribution in [0.2, 0.25) is 0 Å². The second-order valence-electron chi connectivity index (χ2n) is 12.5. The maximum atomic E-state index is 17.0. The number of benzene rings is 2. The van der Waals surface area contributed by atoms with Crippen molar-refractivity contribution in [3.05, 3.63) is 47.2 Å². The van der Waals surface area contributed by atoms with Crippen LogP contribution in [0.15, 0.2) is 24.3 Å². The third-order valence-electron chi connectivity index (χ3n) is 9.75. The minimum absolute atomic E-state index is 0.0388. The maximum absolute atomic E-state index is 17.0. The van der Waals surface area contributed by atoms with E-state index in [1.807, 2.05) is 0 Å². The van der Waals surface area contributed by atoms with Gasteiger partial charge in [-0.1, -0.05) is 12.0 Å². The van der Waals surface area contributed by atoms with Crippen LogP contribution in [0.25, 0.3) is 32.9 Å². The van der Waals surface area contributed by atoms with Gasteiger partial charge in [0.2, 0.25) is 5.95 Å². The smallest absolute Gasteiger partial charge is 0.228 e. The molecule has 8 rings (SSSR count). The molecule has 8 nitrogen and oxygen atoms in total. The second kappa shape index (κ2) is 10.0. The lowest BCUT2D eigenvalue weighted by Crippen LogP contribution is -2.59. The summed E-state index contributed by atoms with van der Waals surface area (Å²) < 4.78 is 37.5. The first-order valence-corrected chi connectivity index (χ1v) is 15.0. The molecule has 6 heterocycles. The Morgan fingerprint density at radius 2 is 1.70 bits per heavy atom. The van der Waals surface area contributed by atoms with E-state index in [1.165, 1.54) is 24.3 Å². The van der Waals surface area contributed by atoms with Crippen LogP contribution in [0, 0.1) is 41.7 Å². The summed E-state index contributed by atoms with van der Waals surface area (Å²) in [4.78, 5) is 18.7. The zero-order valence-corrected chi connectivity index (χ0v) is 24.0. The van der Waals surface area contributed by atoms with E-state index in [-0.39, 0.29) is 44.6 Å². The number of fused-ring (bicyclic) bond motifs is 4. The fraction of sp³-hybridized carbons (Fsp3) is 0.382. The van der Waals surface area contributed by atoms with Gasteiger partial charge in [0.15, 0.2) is 5.82 Å². The van der Waals surface area contributed by atoms with Gasteiger partial charge in [0.1, 0.15) is 34.3 Å². The quantitative estimate of drug-likeness (QED) is 0.340. The number of terminal acetylenes is 2. The number of anilines is 2. The zero-order chi connectivity index (χ0) is 30.2. The van der Waals surface area contributed by atoms with Crippen molar-refractivity contribution in [2.75, 3.05) is 49.2 Å². The van der Waals surface area contributed by atoms with Crippen molar-refractivity contribution < 1.29 is 18.6 Å². The number of aromatic hydroxyl groups is 1. The van der Waals surface area contributed by atoms with Crippen LogP contribution in [0.1, 0.15) is 36.9 Å². The number of halogens is 2. The predicted molar refractivity (Wildman–Crippen MR) is 165 cm³/mol. The number of hydrogen-bond donors (Lipinski definition) is 2. The van der Waals surface area contributed by atoms with Crippen LogP contribution in [-0.4, -0.2) is 71.5 Å². The summed E-state index contributed by atoms with van der Waals surface area (Å²) in [7, 11) is 0. The highest BCUT2D eigenvalue weighted by molar-refractivity contribution is 6.04. The van der Waals surface area contributed by atoms with Crippen molar-refractivity contribution >= 4 is 33.4 Å². The Balaban J connectivity index is 1.36. The van der Waals surface area contributed by atoms with E-state index in [0.717, 1.165) is 52.0 Å². The highest BCUT2D eigenvalue weighted by Crippen LogP contribution is 2.44. The van der Waals surface area contributed by atoms with E-state index in [2.05, 4.69) is 31.9 Å². The number of aromatic nitrogens is 3. The van der Waals surface area contributed by atoms with E-state index in [4.69, 9.17) is 27.6 Å². The van der Waals surface area contributed by atoms with E-state index in [9.17, 15) is 9.50 Å². The lowest BCUT2D eigenvalue weighted by molar-refractivity contribution is -0.000714. The molecule has 4 fully saturated rings. The monoisotopic (exact) mass is 592 g/mol.